The molecule has 0 saturated carbocycles. The van der Waals surface area contributed by atoms with Gasteiger partial charge in [-0.05, 0) is 29.8 Å². The largest absolute Gasteiger partial charge is 0.497 e. The van der Waals surface area contributed by atoms with Crippen LogP contribution in [0.2, 0.25) is 0 Å². The molecule has 0 aliphatic rings. The van der Waals surface area contributed by atoms with Crippen molar-refractivity contribution in [3.05, 3.63) is 42.1 Å². The zero-order chi connectivity index (χ0) is 18.9. The Morgan fingerprint density at radius 2 is 1.85 bits per heavy atom. The van der Waals surface area contributed by atoms with Crippen molar-refractivity contribution in [2.45, 2.75) is 6.61 Å². The Morgan fingerprint density at radius 3 is 2.46 bits per heavy atom. The van der Waals surface area contributed by atoms with Gasteiger partial charge < -0.3 is 24.7 Å². The molecule has 0 saturated heterocycles. The summed E-state index contributed by atoms with van der Waals surface area (Å²) in [5.74, 6) is 0.710. The standard InChI is InChI=1S/C17H19N3O6/c1-23-12-6-11(7-13(8-12)24-2)10-25-14-4-3-5-19-16(14)26-17(22)20-15(21)9-18/h3-8H,9-10,18H2,1-2H3,(H,20,21,22). The summed E-state index contributed by atoms with van der Waals surface area (Å²) in [5, 5.41) is 1.96. The quantitative estimate of drug-likeness (QED) is 0.755. The number of ether oxygens (including phenoxy) is 4. The van der Waals surface area contributed by atoms with Gasteiger partial charge in [0.1, 0.15) is 18.1 Å². The number of methoxy groups -OCH3 is 2. The molecule has 0 radical (unpaired) electrons. The van der Waals surface area contributed by atoms with E-state index in [4.69, 9.17) is 24.7 Å². The van der Waals surface area contributed by atoms with Crippen molar-refractivity contribution in [3.63, 3.8) is 0 Å². The highest BCUT2D eigenvalue weighted by atomic mass is 16.6. The molecule has 0 aliphatic heterocycles. The van der Waals surface area contributed by atoms with Crippen LogP contribution in [-0.2, 0) is 11.4 Å². The number of pyridine rings is 1. The fourth-order valence-electron chi connectivity index (χ4n) is 1.95. The van der Waals surface area contributed by atoms with E-state index in [1.165, 1.54) is 6.20 Å². The van der Waals surface area contributed by atoms with Crippen LogP contribution < -0.4 is 30.0 Å². The third-order valence-electron chi connectivity index (χ3n) is 3.16. The second kappa shape index (κ2) is 9.23. The number of nitrogens with two attached hydrogens (primary N) is 1. The maximum absolute atomic E-state index is 11.6. The zero-order valence-electron chi connectivity index (χ0n) is 14.4. The Bertz CT molecular complexity index is 759. The molecule has 0 unspecified atom stereocenters. The van der Waals surface area contributed by atoms with Gasteiger partial charge in [-0.3, -0.25) is 10.1 Å². The predicted octanol–water partition coefficient (Wildman–Crippen LogP) is 1.25. The SMILES string of the molecule is COc1cc(COc2cccnc2OC(=O)NC(=O)CN)cc(OC)c1. The lowest BCUT2D eigenvalue weighted by atomic mass is 10.2. The van der Waals surface area contributed by atoms with Gasteiger partial charge >= 0.3 is 6.09 Å². The van der Waals surface area contributed by atoms with Gasteiger partial charge in [-0.2, -0.15) is 0 Å². The van der Waals surface area contributed by atoms with E-state index in [2.05, 4.69) is 4.98 Å². The fourth-order valence-corrected chi connectivity index (χ4v) is 1.95. The van der Waals surface area contributed by atoms with Crippen molar-refractivity contribution < 1.29 is 28.5 Å². The summed E-state index contributed by atoms with van der Waals surface area (Å²) in [6.07, 6.45) is 0.432. The molecule has 2 amide bonds. The number of benzene rings is 1. The summed E-state index contributed by atoms with van der Waals surface area (Å²) in [7, 11) is 3.10. The van der Waals surface area contributed by atoms with Crippen molar-refractivity contribution in [2.24, 2.45) is 5.73 Å². The van der Waals surface area contributed by atoms with Crippen LogP contribution in [0.25, 0.3) is 0 Å². The molecule has 0 bridgehead atoms. The number of amides is 2. The Morgan fingerprint density at radius 1 is 1.15 bits per heavy atom. The topological polar surface area (TPSA) is 122 Å². The molecule has 1 heterocycles. The van der Waals surface area contributed by atoms with Crippen LogP contribution in [0.5, 0.6) is 23.1 Å². The normalized spacial score (nSPS) is 9.96. The summed E-state index contributed by atoms with van der Waals surface area (Å²) in [6.45, 7) is -0.183. The van der Waals surface area contributed by atoms with E-state index in [-0.39, 0.29) is 24.8 Å². The molecule has 2 aromatic rings. The first-order valence-corrected chi connectivity index (χ1v) is 7.57. The molecule has 3 N–H and O–H groups in total. The Kier molecular flexibility index (Phi) is 6.75. The zero-order valence-corrected chi connectivity index (χ0v) is 14.4. The fraction of sp³-hybridized carbons (Fsp3) is 0.235. The Labute approximate surface area is 150 Å². The van der Waals surface area contributed by atoms with E-state index in [0.29, 0.717) is 11.5 Å². The molecule has 1 aromatic heterocycles. The molecule has 9 nitrogen and oxygen atoms in total. The minimum Gasteiger partial charge on any atom is -0.497 e. The Balaban J connectivity index is 2.08. The molecule has 0 atom stereocenters. The highest BCUT2D eigenvalue weighted by Crippen LogP contribution is 2.27. The first-order valence-electron chi connectivity index (χ1n) is 7.57. The van der Waals surface area contributed by atoms with E-state index >= 15 is 0 Å². The minimum absolute atomic E-state index is 0.0790. The maximum atomic E-state index is 11.6. The molecule has 9 heteroatoms. The molecular weight excluding hydrogens is 342 g/mol. The monoisotopic (exact) mass is 361 g/mol. The van der Waals surface area contributed by atoms with Gasteiger partial charge in [-0.1, -0.05) is 0 Å². The summed E-state index contributed by atoms with van der Waals surface area (Å²) in [6, 6.07) is 8.51. The van der Waals surface area contributed by atoms with Gasteiger partial charge in [0.05, 0.1) is 20.8 Å². The molecule has 26 heavy (non-hydrogen) atoms. The first kappa shape index (κ1) is 19.0. The number of carbonyl (C=O) groups is 2. The van der Waals surface area contributed by atoms with E-state index in [0.717, 1.165) is 5.56 Å². The van der Waals surface area contributed by atoms with Crippen molar-refractivity contribution in [1.29, 1.82) is 0 Å². The van der Waals surface area contributed by atoms with Crippen LogP contribution in [0, 0.1) is 0 Å². The number of hydrogen-bond donors (Lipinski definition) is 2. The summed E-state index contributed by atoms with van der Waals surface area (Å²) >= 11 is 0. The van der Waals surface area contributed by atoms with E-state index < -0.39 is 12.0 Å². The third kappa shape index (κ3) is 5.35. The van der Waals surface area contributed by atoms with Crippen molar-refractivity contribution in [3.8, 4) is 23.1 Å². The lowest BCUT2D eigenvalue weighted by Crippen LogP contribution is -2.37. The highest BCUT2D eigenvalue weighted by Gasteiger charge is 2.14. The van der Waals surface area contributed by atoms with Crippen LogP contribution in [0.15, 0.2) is 36.5 Å². The highest BCUT2D eigenvalue weighted by molar-refractivity contribution is 5.93. The van der Waals surface area contributed by atoms with Gasteiger partial charge in [0.25, 0.3) is 5.88 Å². The summed E-state index contributed by atoms with van der Waals surface area (Å²) < 4.78 is 21.1. The number of aromatic nitrogens is 1. The number of hydrogen-bond acceptors (Lipinski definition) is 8. The van der Waals surface area contributed by atoms with E-state index in [1.54, 1.807) is 44.6 Å². The Hall–Kier alpha value is -3.33. The summed E-state index contributed by atoms with van der Waals surface area (Å²) in [5.41, 5.74) is 5.90. The van der Waals surface area contributed by atoms with Crippen molar-refractivity contribution >= 4 is 12.0 Å². The molecule has 0 aliphatic carbocycles. The van der Waals surface area contributed by atoms with Gasteiger partial charge in [0.15, 0.2) is 5.75 Å². The van der Waals surface area contributed by atoms with Gasteiger partial charge in [0.2, 0.25) is 5.91 Å². The third-order valence-corrected chi connectivity index (χ3v) is 3.16. The molecule has 1 aromatic carbocycles. The van der Waals surface area contributed by atoms with Crippen LogP contribution in [0.4, 0.5) is 4.79 Å². The average Bonchev–Trinajstić information content (AvgIpc) is 2.66. The summed E-state index contributed by atoms with van der Waals surface area (Å²) in [4.78, 5) is 26.7. The van der Waals surface area contributed by atoms with Crippen LogP contribution in [0.1, 0.15) is 5.56 Å². The van der Waals surface area contributed by atoms with Crippen LogP contribution >= 0.6 is 0 Å². The maximum Gasteiger partial charge on any atom is 0.420 e. The lowest BCUT2D eigenvalue weighted by Gasteiger charge is -2.12. The number of rotatable bonds is 7. The van der Waals surface area contributed by atoms with Gasteiger partial charge in [-0.25, -0.2) is 9.78 Å². The average molecular weight is 361 g/mol. The first-order chi connectivity index (χ1) is 12.5. The van der Waals surface area contributed by atoms with Crippen molar-refractivity contribution in [2.75, 3.05) is 20.8 Å². The second-order valence-corrected chi connectivity index (χ2v) is 4.96. The number of nitrogens with one attached hydrogen (secondary N) is 1. The van der Waals surface area contributed by atoms with E-state index in [9.17, 15) is 9.59 Å². The van der Waals surface area contributed by atoms with Crippen LogP contribution in [-0.4, -0.2) is 37.7 Å². The van der Waals surface area contributed by atoms with Crippen molar-refractivity contribution in [1.82, 2.24) is 10.3 Å². The molecule has 2 rings (SSSR count). The molecule has 0 spiro atoms. The molecule has 0 fully saturated rings. The van der Waals surface area contributed by atoms with Crippen LogP contribution in [0.3, 0.4) is 0 Å². The predicted molar refractivity (Wildman–Crippen MR) is 91.3 cm³/mol. The second-order valence-electron chi connectivity index (χ2n) is 4.96. The van der Waals surface area contributed by atoms with Gasteiger partial charge in [-0.15, -0.1) is 0 Å². The molecular formula is C17H19N3O6. The minimum atomic E-state index is -0.993. The van der Waals surface area contributed by atoms with E-state index in [1.807, 2.05) is 5.32 Å². The number of nitrogens with zero attached hydrogens (tertiary/aromatic N) is 1. The van der Waals surface area contributed by atoms with Gasteiger partial charge in [0, 0.05) is 12.3 Å². The smallest absolute Gasteiger partial charge is 0.420 e. The lowest BCUT2D eigenvalue weighted by molar-refractivity contribution is -0.118. The number of carbonyl (C=O) groups excluding carboxylic acids is 2. The number of imide groups is 1. The molecule has 138 valence electrons.